The van der Waals surface area contributed by atoms with Gasteiger partial charge < -0.3 is 39.7 Å². The van der Waals surface area contributed by atoms with Gasteiger partial charge in [0.1, 0.15) is 12.6 Å². The topological polar surface area (TPSA) is 222 Å². The van der Waals surface area contributed by atoms with Crippen molar-refractivity contribution in [2.75, 3.05) is 59.2 Å². The van der Waals surface area contributed by atoms with Crippen molar-refractivity contribution in [2.24, 2.45) is 7.05 Å². The predicted molar refractivity (Wildman–Crippen MR) is 234 cm³/mol. The molecule has 0 bridgehead atoms. The highest BCUT2D eigenvalue weighted by atomic mass is 16.6. The number of carbonyl (C=O) groups excluding carboxylic acids is 6. The Kier molecular flexibility index (Phi) is 12.6. The van der Waals surface area contributed by atoms with Crippen LogP contribution in [0.1, 0.15) is 89.7 Å². The van der Waals surface area contributed by atoms with Gasteiger partial charge in [-0.3, -0.25) is 39.0 Å². The van der Waals surface area contributed by atoms with E-state index in [4.69, 9.17) is 0 Å². The number of allylic oxidation sites excluding steroid dienone is 1. The van der Waals surface area contributed by atoms with Gasteiger partial charge in [-0.2, -0.15) is 0 Å². The molecule has 330 valence electrons. The van der Waals surface area contributed by atoms with Crippen molar-refractivity contribution in [1.29, 1.82) is 0 Å². The zero-order valence-corrected chi connectivity index (χ0v) is 36.4. The van der Waals surface area contributed by atoms with Crippen molar-refractivity contribution >= 4 is 58.5 Å². The molecule has 1 aliphatic carbocycles. The molecule has 1 unspecified atom stereocenters. The number of imidazole rings is 1. The molecule has 2 aromatic heterocycles. The van der Waals surface area contributed by atoms with Gasteiger partial charge in [0.15, 0.2) is 11.5 Å². The summed E-state index contributed by atoms with van der Waals surface area (Å²) < 4.78 is 2.19. The summed E-state index contributed by atoms with van der Waals surface area (Å²) >= 11 is 0. The number of likely N-dealkylation sites (N-methyl/N-ethyl adjacent to an activating group) is 2. The Labute approximate surface area is 364 Å². The van der Waals surface area contributed by atoms with Crippen LogP contribution < -0.4 is 16.0 Å². The first kappa shape index (κ1) is 44.3. The number of hydrogen-bond acceptors (Lipinski definition) is 11. The molecule has 0 spiro atoms. The number of aryl methyl sites for hydroxylation is 3. The van der Waals surface area contributed by atoms with E-state index >= 15 is 0 Å². The van der Waals surface area contributed by atoms with Crippen molar-refractivity contribution < 1.29 is 38.2 Å². The number of carbonyl (C=O) groups is 6. The van der Waals surface area contributed by atoms with Crippen LogP contribution in [-0.2, 0) is 40.8 Å². The number of ketones is 1. The fourth-order valence-electron chi connectivity index (χ4n) is 8.64. The second kappa shape index (κ2) is 17.9. The van der Waals surface area contributed by atoms with E-state index in [1.807, 2.05) is 46.0 Å². The number of amides is 5. The number of anilines is 1. The Bertz CT molecular complexity index is 2590. The lowest BCUT2D eigenvalue weighted by Crippen LogP contribution is -2.54. The van der Waals surface area contributed by atoms with Crippen molar-refractivity contribution in [3.63, 3.8) is 0 Å². The maximum Gasteiger partial charge on any atom is 0.390 e. The lowest BCUT2D eigenvalue weighted by molar-refractivity contribution is -0.903. The van der Waals surface area contributed by atoms with Crippen molar-refractivity contribution in [2.45, 2.75) is 58.5 Å². The number of hydrogen-bond donors (Lipinski definition) is 4. The van der Waals surface area contributed by atoms with Gasteiger partial charge >= 0.3 is 5.82 Å². The molecule has 3 aliphatic rings. The zero-order valence-electron chi connectivity index (χ0n) is 36.4. The molecule has 4 heterocycles. The summed E-state index contributed by atoms with van der Waals surface area (Å²) in [5.41, 5.74) is 7.63. The second-order valence-electron chi connectivity index (χ2n) is 17.2. The van der Waals surface area contributed by atoms with E-state index in [1.165, 1.54) is 6.33 Å². The average Bonchev–Trinajstić information content (AvgIpc) is 3.83. The van der Waals surface area contributed by atoms with E-state index in [0.29, 0.717) is 96.9 Å². The Morgan fingerprint density at radius 2 is 1.79 bits per heavy atom. The Balaban J connectivity index is 0.942. The van der Waals surface area contributed by atoms with E-state index in [1.54, 1.807) is 29.8 Å². The van der Waals surface area contributed by atoms with Crippen LogP contribution in [-0.4, -0.2) is 129 Å². The summed E-state index contributed by atoms with van der Waals surface area (Å²) in [7, 11) is 7.72. The third-order valence-corrected chi connectivity index (χ3v) is 12.2. The van der Waals surface area contributed by atoms with Gasteiger partial charge in [0.25, 0.3) is 17.7 Å². The molecule has 1 fully saturated rings. The van der Waals surface area contributed by atoms with Crippen LogP contribution in [0.25, 0.3) is 11.6 Å². The molecule has 4 N–H and O–H groups in total. The van der Waals surface area contributed by atoms with Gasteiger partial charge in [0, 0.05) is 75.1 Å². The number of nitrogens with zero attached hydrogens (tertiary/aromatic N) is 6. The minimum Gasteiger partial charge on any atom is -0.383 e. The lowest BCUT2D eigenvalue weighted by Gasteiger charge is -2.29. The van der Waals surface area contributed by atoms with Crippen LogP contribution >= 0.6 is 0 Å². The highest BCUT2D eigenvalue weighted by Crippen LogP contribution is 2.34. The summed E-state index contributed by atoms with van der Waals surface area (Å²) in [6.45, 7) is 6.67. The standard InChI is InChI=1S/C45H52N10O8/c1-26-34(23-32-31-22-28(10-11-29(31)12-14-37(32)56)16-21-55(5,6)24-36-41(54(62)63)48-25-52(36)4)49-27(2)39(26)43(59)47-18-20-51(3)19-17-46-33-9-7-8-30-40(33)45(61)53(44(30)60)35-13-15-38(57)50-42(35)58/h7-11,22-23,25,35H,12-21,24H2,1-6H3,(H3-,46,47,49,50,56,57,58,59,61)/p+1. The van der Waals surface area contributed by atoms with Crippen LogP contribution in [0.2, 0.25) is 0 Å². The van der Waals surface area contributed by atoms with Gasteiger partial charge in [-0.25, -0.2) is 0 Å². The molecule has 4 aromatic rings. The quantitative estimate of drug-likeness (QED) is 0.0421. The van der Waals surface area contributed by atoms with E-state index < -0.39 is 34.6 Å². The maximum atomic E-state index is 13.6. The van der Waals surface area contributed by atoms with Crippen LogP contribution in [0.3, 0.4) is 0 Å². The summed E-state index contributed by atoms with van der Waals surface area (Å²) in [5, 5.41) is 20.0. The lowest BCUT2D eigenvalue weighted by atomic mass is 9.84. The van der Waals surface area contributed by atoms with Gasteiger partial charge in [-0.05, 0) is 84.1 Å². The Hall–Kier alpha value is -6.79. The third kappa shape index (κ3) is 9.22. The number of fused-ring (bicyclic) bond motifs is 2. The van der Waals surface area contributed by atoms with E-state index in [0.717, 1.165) is 27.2 Å². The second-order valence-corrected chi connectivity index (χ2v) is 17.2. The van der Waals surface area contributed by atoms with Crippen molar-refractivity contribution in [3.05, 3.63) is 109 Å². The summed E-state index contributed by atoms with van der Waals surface area (Å²) in [6.07, 6.45) is 5.15. The molecule has 5 amide bonds. The number of aromatic nitrogens is 3. The number of quaternary nitrogens is 1. The summed E-state index contributed by atoms with van der Waals surface area (Å²) in [5.74, 6) is -2.58. The van der Waals surface area contributed by atoms with E-state index in [-0.39, 0.29) is 41.5 Å². The molecule has 18 nitrogen and oxygen atoms in total. The zero-order chi connectivity index (χ0) is 45.3. The number of imide groups is 2. The number of nitro groups is 1. The number of piperidine rings is 1. The molecule has 1 atom stereocenters. The van der Waals surface area contributed by atoms with E-state index in [2.05, 4.69) is 44.1 Å². The highest BCUT2D eigenvalue weighted by Gasteiger charge is 2.45. The SMILES string of the molecule is Cc1[nH]c(/C=C2\C(=O)CCc3ccc(CC[N+](C)(C)Cc4c([N+](=O)[O-])ncn4C)cc32)c(C)c1C(=O)NCCN(C)CCNc1cccc2c1C(=O)N(C1CCC(=O)NC1=O)C2=O. The summed E-state index contributed by atoms with van der Waals surface area (Å²) in [4.78, 5) is 99.1. The molecular weight excluding hydrogens is 809 g/mol. The molecule has 0 radical (unpaired) electrons. The van der Waals surface area contributed by atoms with E-state index in [9.17, 15) is 38.9 Å². The Morgan fingerprint density at radius 1 is 1.03 bits per heavy atom. The van der Waals surface area contributed by atoms with Crippen LogP contribution in [0.5, 0.6) is 0 Å². The molecule has 2 aromatic carbocycles. The molecule has 18 heteroatoms. The fourth-order valence-corrected chi connectivity index (χ4v) is 8.64. The van der Waals surface area contributed by atoms with Gasteiger partial charge in [0.05, 0.1) is 37.3 Å². The minimum absolute atomic E-state index is 0.0281. The number of aromatic amines is 1. The van der Waals surface area contributed by atoms with Gasteiger partial charge in [0.2, 0.25) is 18.1 Å². The van der Waals surface area contributed by atoms with Crippen LogP contribution in [0.4, 0.5) is 11.5 Å². The normalized spacial score (nSPS) is 17.1. The number of Topliss-reactive ketones (excluding diaryl/α,β-unsaturated/α-hetero) is 1. The maximum absolute atomic E-state index is 13.6. The van der Waals surface area contributed by atoms with Crippen LogP contribution in [0.15, 0.2) is 42.7 Å². The molecule has 1 saturated heterocycles. The first-order valence-corrected chi connectivity index (χ1v) is 21.0. The van der Waals surface area contributed by atoms with Gasteiger partial charge in [-0.1, -0.05) is 24.3 Å². The molecule has 7 rings (SSSR count). The predicted octanol–water partition coefficient (Wildman–Crippen LogP) is 3.32. The molecular formula is C45H53N10O8+. The number of nitrogens with one attached hydrogen (secondary N) is 4. The largest absolute Gasteiger partial charge is 0.390 e. The first-order valence-electron chi connectivity index (χ1n) is 21.0. The number of H-pyrrole nitrogens is 1. The highest BCUT2D eigenvalue weighted by molar-refractivity contribution is 6.27. The first-order chi connectivity index (χ1) is 29.9. The monoisotopic (exact) mass is 861 g/mol. The molecule has 0 saturated carbocycles. The number of rotatable bonds is 16. The van der Waals surface area contributed by atoms with Crippen LogP contribution in [0, 0.1) is 24.0 Å². The average molecular weight is 862 g/mol. The molecule has 63 heavy (non-hydrogen) atoms. The smallest absolute Gasteiger partial charge is 0.383 e. The van der Waals surface area contributed by atoms with Gasteiger partial charge in [-0.15, -0.1) is 0 Å². The van der Waals surface area contributed by atoms with Crippen molar-refractivity contribution in [3.8, 4) is 0 Å². The minimum atomic E-state index is -1.05. The third-order valence-electron chi connectivity index (χ3n) is 12.2. The van der Waals surface area contributed by atoms with Crippen molar-refractivity contribution in [1.82, 2.24) is 35.0 Å². The Morgan fingerprint density at radius 3 is 2.54 bits per heavy atom. The molecule has 2 aliphatic heterocycles. The number of benzene rings is 2. The summed E-state index contributed by atoms with van der Waals surface area (Å²) in [6, 6.07) is 10.1. The fraction of sp³-hybridized carbons (Fsp3) is 0.400.